The first kappa shape index (κ1) is 69.3. The zero-order valence-electron chi connectivity index (χ0n) is 47.9. The van der Waals surface area contributed by atoms with Crippen molar-refractivity contribution in [1.82, 2.24) is 0 Å². The molecule has 0 saturated carbocycles. The van der Waals surface area contributed by atoms with Crippen LogP contribution in [-0.2, 0) is 19.1 Å². The Bertz CT molecular complexity index is 1270. The fourth-order valence-corrected chi connectivity index (χ4v) is 9.29. The van der Waals surface area contributed by atoms with Gasteiger partial charge >= 0.3 is 11.9 Å². The molecule has 0 fully saturated rings. The minimum atomic E-state index is -0.792. The SMILES string of the molecule is CC/C=C\C/C=C\C/C=C\C/C=C\C/C=C\CCCCCC(=O)OC(CO)COC(=O)CCCCCCCCCCCCCCCCCCCCCCCCCCCCC/C=C\CCCCCCCCCC. The van der Waals surface area contributed by atoms with Gasteiger partial charge in [0.25, 0.3) is 0 Å². The van der Waals surface area contributed by atoms with Crippen molar-refractivity contribution in [2.75, 3.05) is 13.2 Å². The Morgan fingerprint density at radius 2 is 0.597 bits per heavy atom. The van der Waals surface area contributed by atoms with Crippen LogP contribution in [0.4, 0.5) is 0 Å². The van der Waals surface area contributed by atoms with Crippen molar-refractivity contribution in [1.29, 1.82) is 0 Å². The fourth-order valence-electron chi connectivity index (χ4n) is 9.29. The van der Waals surface area contributed by atoms with E-state index in [4.69, 9.17) is 9.47 Å². The minimum Gasteiger partial charge on any atom is -0.462 e. The zero-order chi connectivity index (χ0) is 52.0. The van der Waals surface area contributed by atoms with Crippen LogP contribution < -0.4 is 0 Å². The molecule has 0 radical (unpaired) electrons. The molecule has 1 N–H and O–H groups in total. The Morgan fingerprint density at radius 1 is 0.333 bits per heavy atom. The highest BCUT2D eigenvalue weighted by Gasteiger charge is 2.16. The molecular weight excluding hydrogens is 885 g/mol. The normalized spacial score (nSPS) is 12.7. The number of aliphatic hydroxyl groups excluding tert-OH is 1. The number of hydrogen-bond acceptors (Lipinski definition) is 5. The van der Waals surface area contributed by atoms with Crippen molar-refractivity contribution in [3.8, 4) is 0 Å². The third-order valence-electron chi connectivity index (χ3n) is 14.0. The summed E-state index contributed by atoms with van der Waals surface area (Å²) < 4.78 is 10.7. The summed E-state index contributed by atoms with van der Waals surface area (Å²) in [7, 11) is 0. The standard InChI is InChI=1S/C67H120O5/c1-3-5-7-9-11-13-15-17-19-21-23-24-25-26-27-28-29-30-31-32-33-34-35-36-37-38-39-40-41-42-44-45-47-49-51-53-55-57-59-61-66(69)71-64-65(63-68)72-67(70)62-60-58-56-54-52-50-48-46-43-22-20-18-16-14-12-10-8-6-4-2/h6,8,12,14,18,20-21,23,43,46,50,52,65,68H,3-5,7,9-11,13,15-17,19,22,24-42,44-45,47-49,51,53-64H2,1-2H3/b8-6-,14-12-,20-18-,23-21-,46-43-,52-50-. The van der Waals surface area contributed by atoms with Crippen molar-refractivity contribution < 1.29 is 24.2 Å². The number of aliphatic hydroxyl groups is 1. The van der Waals surface area contributed by atoms with Gasteiger partial charge in [0.15, 0.2) is 6.10 Å². The molecule has 0 saturated heterocycles. The molecule has 0 spiro atoms. The minimum absolute atomic E-state index is 0.0794. The van der Waals surface area contributed by atoms with Crippen LogP contribution in [-0.4, -0.2) is 36.4 Å². The zero-order valence-corrected chi connectivity index (χ0v) is 47.9. The Kier molecular flexibility index (Phi) is 60.3. The molecule has 418 valence electrons. The largest absolute Gasteiger partial charge is 0.462 e. The maximum absolute atomic E-state index is 12.3. The van der Waals surface area contributed by atoms with E-state index in [2.05, 4.69) is 86.8 Å². The third kappa shape index (κ3) is 59.9. The summed E-state index contributed by atoms with van der Waals surface area (Å²) in [5.74, 6) is -0.619. The predicted octanol–water partition coefficient (Wildman–Crippen LogP) is 21.5. The van der Waals surface area contributed by atoms with Gasteiger partial charge in [-0.25, -0.2) is 0 Å². The number of allylic oxidation sites excluding steroid dienone is 12. The highest BCUT2D eigenvalue weighted by Crippen LogP contribution is 2.18. The predicted molar refractivity (Wildman–Crippen MR) is 316 cm³/mol. The molecule has 5 heteroatoms. The molecule has 0 aromatic heterocycles. The highest BCUT2D eigenvalue weighted by atomic mass is 16.6. The average Bonchev–Trinajstić information content (AvgIpc) is 3.38. The molecule has 0 aromatic carbocycles. The lowest BCUT2D eigenvalue weighted by Crippen LogP contribution is -2.28. The second-order valence-electron chi connectivity index (χ2n) is 21.1. The maximum Gasteiger partial charge on any atom is 0.306 e. The summed E-state index contributed by atoms with van der Waals surface area (Å²) in [6.07, 6.45) is 86.4. The number of hydrogen-bond donors (Lipinski definition) is 1. The first-order valence-electron chi connectivity index (χ1n) is 31.5. The number of carbonyl (C=O) groups excluding carboxylic acids is 2. The Labute approximate surface area is 448 Å². The van der Waals surface area contributed by atoms with Crippen LogP contribution in [0.25, 0.3) is 0 Å². The van der Waals surface area contributed by atoms with E-state index in [0.717, 1.165) is 77.0 Å². The highest BCUT2D eigenvalue weighted by molar-refractivity contribution is 5.70. The van der Waals surface area contributed by atoms with E-state index >= 15 is 0 Å². The molecule has 0 aliphatic rings. The summed E-state index contributed by atoms with van der Waals surface area (Å²) in [5.41, 5.74) is 0. The van der Waals surface area contributed by atoms with Crippen molar-refractivity contribution in [3.63, 3.8) is 0 Å². The fraction of sp³-hybridized carbons (Fsp3) is 0.791. The number of ether oxygens (including phenoxy) is 2. The molecule has 0 amide bonds. The molecule has 1 unspecified atom stereocenters. The maximum atomic E-state index is 12.3. The summed E-state index contributed by atoms with van der Waals surface area (Å²) in [5, 5.41) is 9.65. The van der Waals surface area contributed by atoms with Gasteiger partial charge in [-0.05, 0) is 83.5 Å². The van der Waals surface area contributed by atoms with Crippen LogP contribution in [0.3, 0.4) is 0 Å². The smallest absolute Gasteiger partial charge is 0.306 e. The van der Waals surface area contributed by atoms with Crippen LogP contribution in [0.15, 0.2) is 72.9 Å². The van der Waals surface area contributed by atoms with Crippen LogP contribution in [0.5, 0.6) is 0 Å². The molecule has 0 rings (SSSR count). The van der Waals surface area contributed by atoms with E-state index in [1.807, 2.05) is 0 Å². The average molecular weight is 1010 g/mol. The molecule has 0 heterocycles. The molecule has 72 heavy (non-hydrogen) atoms. The van der Waals surface area contributed by atoms with Gasteiger partial charge in [-0.1, -0.05) is 299 Å². The summed E-state index contributed by atoms with van der Waals surface area (Å²) >= 11 is 0. The molecule has 1 atom stereocenters. The summed E-state index contributed by atoms with van der Waals surface area (Å²) in [6, 6.07) is 0. The molecule has 5 nitrogen and oxygen atoms in total. The van der Waals surface area contributed by atoms with Gasteiger partial charge < -0.3 is 14.6 Å². The third-order valence-corrected chi connectivity index (χ3v) is 14.0. The molecule has 0 aliphatic carbocycles. The lowest BCUT2D eigenvalue weighted by atomic mass is 10.0. The van der Waals surface area contributed by atoms with Crippen LogP contribution in [0, 0.1) is 0 Å². The van der Waals surface area contributed by atoms with Crippen LogP contribution >= 0.6 is 0 Å². The first-order valence-corrected chi connectivity index (χ1v) is 31.5. The van der Waals surface area contributed by atoms with Crippen LogP contribution in [0.1, 0.15) is 322 Å². The molecule has 0 bridgehead atoms. The van der Waals surface area contributed by atoms with E-state index in [1.54, 1.807) is 0 Å². The number of esters is 2. The first-order chi connectivity index (χ1) is 35.6. The van der Waals surface area contributed by atoms with Gasteiger partial charge in [-0.15, -0.1) is 0 Å². The Hall–Kier alpha value is -2.66. The number of rotatable bonds is 58. The van der Waals surface area contributed by atoms with E-state index in [1.165, 1.54) is 218 Å². The van der Waals surface area contributed by atoms with Gasteiger partial charge in [0, 0.05) is 12.8 Å². The second-order valence-corrected chi connectivity index (χ2v) is 21.1. The lowest BCUT2D eigenvalue weighted by molar-refractivity contribution is -0.161. The van der Waals surface area contributed by atoms with Gasteiger partial charge in [-0.2, -0.15) is 0 Å². The molecule has 0 aromatic rings. The van der Waals surface area contributed by atoms with Crippen molar-refractivity contribution in [2.45, 2.75) is 328 Å². The van der Waals surface area contributed by atoms with Gasteiger partial charge in [0.05, 0.1) is 6.61 Å². The Balaban J connectivity index is 3.41. The second kappa shape index (κ2) is 62.6. The van der Waals surface area contributed by atoms with E-state index < -0.39 is 6.10 Å². The summed E-state index contributed by atoms with van der Waals surface area (Å²) in [4.78, 5) is 24.5. The van der Waals surface area contributed by atoms with Gasteiger partial charge in [0.1, 0.15) is 6.61 Å². The number of carbonyl (C=O) groups is 2. The quantitative estimate of drug-likeness (QED) is 0.0373. The summed E-state index contributed by atoms with van der Waals surface area (Å²) in [6.45, 7) is 4.03. The van der Waals surface area contributed by atoms with Gasteiger partial charge in [0.2, 0.25) is 0 Å². The number of unbranched alkanes of at least 4 members (excludes halogenated alkanes) is 38. The van der Waals surface area contributed by atoms with Crippen molar-refractivity contribution >= 4 is 11.9 Å². The van der Waals surface area contributed by atoms with Crippen molar-refractivity contribution in [2.24, 2.45) is 0 Å². The molecular formula is C67H120O5. The van der Waals surface area contributed by atoms with Gasteiger partial charge in [-0.3, -0.25) is 9.59 Å². The van der Waals surface area contributed by atoms with Crippen LogP contribution in [0.2, 0.25) is 0 Å². The monoisotopic (exact) mass is 1000 g/mol. The van der Waals surface area contributed by atoms with E-state index in [0.29, 0.717) is 12.8 Å². The lowest BCUT2D eigenvalue weighted by Gasteiger charge is -2.15. The topological polar surface area (TPSA) is 72.8 Å². The Morgan fingerprint density at radius 3 is 0.931 bits per heavy atom. The van der Waals surface area contributed by atoms with E-state index in [9.17, 15) is 14.7 Å². The molecule has 0 aliphatic heterocycles. The van der Waals surface area contributed by atoms with Crippen molar-refractivity contribution in [3.05, 3.63) is 72.9 Å². The van der Waals surface area contributed by atoms with E-state index in [-0.39, 0.29) is 25.2 Å².